The van der Waals surface area contributed by atoms with E-state index in [1.54, 1.807) is 6.07 Å². The summed E-state index contributed by atoms with van der Waals surface area (Å²) in [6.07, 6.45) is 0. The van der Waals surface area contributed by atoms with Gasteiger partial charge < -0.3 is 10.1 Å². The van der Waals surface area contributed by atoms with Crippen LogP contribution in [-0.2, 0) is 16.1 Å². The van der Waals surface area contributed by atoms with Gasteiger partial charge in [0.2, 0.25) is 0 Å². The van der Waals surface area contributed by atoms with E-state index in [0.717, 1.165) is 11.3 Å². The zero-order valence-electron chi connectivity index (χ0n) is 11.2. The molecule has 8 heteroatoms. The Hall–Kier alpha value is -0.430. The van der Waals surface area contributed by atoms with E-state index in [9.17, 15) is 13.6 Å². The minimum atomic E-state index is -3.60. The predicted molar refractivity (Wildman–Crippen MR) is 76.8 cm³/mol. The average Bonchev–Trinajstić information content (AvgIpc) is 2.54. The van der Waals surface area contributed by atoms with Crippen molar-refractivity contribution in [2.75, 3.05) is 6.54 Å². The fourth-order valence-electron chi connectivity index (χ4n) is 1.27. The van der Waals surface area contributed by atoms with Gasteiger partial charge in [0.15, 0.2) is 0 Å². The highest BCUT2D eigenvalue weighted by Crippen LogP contribution is 2.31. The molecule has 3 nitrogen and oxygen atoms in total. The summed E-state index contributed by atoms with van der Waals surface area (Å²) in [5.41, 5.74) is -0.341. The molecular weight excluding hydrogens is 331 g/mol. The smallest absolute Gasteiger partial charge is 0.378 e. The van der Waals surface area contributed by atoms with E-state index in [-0.39, 0.29) is 6.54 Å². The summed E-state index contributed by atoms with van der Waals surface area (Å²) < 4.78 is 32.7. The van der Waals surface area contributed by atoms with Crippen LogP contribution in [0.15, 0.2) is 6.07 Å². The lowest BCUT2D eigenvalue weighted by Crippen LogP contribution is -2.43. The SMILES string of the molecule is CC(C)(C)OC(=O)C(F)(F)CNCc1cc(Cl)sc1Cl. The second-order valence-corrected chi connectivity index (χ2v) is 7.44. The van der Waals surface area contributed by atoms with Gasteiger partial charge in [-0.2, -0.15) is 8.78 Å². The number of hydrogen-bond donors (Lipinski definition) is 1. The van der Waals surface area contributed by atoms with Crippen LogP contribution < -0.4 is 5.32 Å². The largest absolute Gasteiger partial charge is 0.456 e. The van der Waals surface area contributed by atoms with Gasteiger partial charge in [0.1, 0.15) is 5.60 Å². The molecule has 1 aromatic heterocycles. The molecule has 0 atom stereocenters. The summed E-state index contributed by atoms with van der Waals surface area (Å²) in [5, 5.41) is 2.48. The lowest BCUT2D eigenvalue weighted by atomic mass is 10.2. The molecule has 0 fully saturated rings. The quantitative estimate of drug-likeness (QED) is 0.815. The number of esters is 1. The third-order valence-electron chi connectivity index (χ3n) is 2.09. The van der Waals surface area contributed by atoms with Gasteiger partial charge in [-0.25, -0.2) is 4.79 Å². The number of alkyl halides is 2. The van der Waals surface area contributed by atoms with E-state index < -0.39 is 24.0 Å². The van der Waals surface area contributed by atoms with E-state index in [1.165, 1.54) is 20.8 Å². The first-order valence-corrected chi connectivity index (χ1v) is 7.34. The number of rotatable bonds is 5. The Kier molecular flexibility index (Phi) is 5.78. The number of ether oxygens (including phenoxy) is 1. The van der Waals surface area contributed by atoms with Gasteiger partial charge in [-0.15, -0.1) is 11.3 Å². The zero-order valence-corrected chi connectivity index (χ0v) is 13.6. The van der Waals surface area contributed by atoms with Crippen molar-refractivity contribution in [2.45, 2.75) is 38.8 Å². The Morgan fingerprint density at radius 3 is 2.45 bits per heavy atom. The first-order chi connectivity index (χ1) is 9.01. The van der Waals surface area contributed by atoms with Crippen LogP contribution in [0.1, 0.15) is 26.3 Å². The molecule has 1 aromatic rings. The molecule has 114 valence electrons. The topological polar surface area (TPSA) is 38.3 Å². The zero-order chi connectivity index (χ0) is 15.6. The Morgan fingerprint density at radius 2 is 2.00 bits per heavy atom. The van der Waals surface area contributed by atoms with Gasteiger partial charge in [-0.3, -0.25) is 0 Å². The van der Waals surface area contributed by atoms with Crippen molar-refractivity contribution in [1.29, 1.82) is 0 Å². The number of hydrogen-bond acceptors (Lipinski definition) is 4. The van der Waals surface area contributed by atoms with Gasteiger partial charge in [0.25, 0.3) is 0 Å². The number of halogens is 4. The lowest BCUT2D eigenvalue weighted by molar-refractivity contribution is -0.182. The van der Waals surface area contributed by atoms with Crippen LogP contribution in [0.3, 0.4) is 0 Å². The molecule has 0 bridgehead atoms. The highest BCUT2D eigenvalue weighted by molar-refractivity contribution is 7.20. The maximum atomic E-state index is 13.6. The van der Waals surface area contributed by atoms with Crippen molar-refractivity contribution < 1.29 is 18.3 Å². The molecule has 0 aromatic carbocycles. The highest BCUT2D eigenvalue weighted by Gasteiger charge is 2.42. The fourth-order valence-corrected chi connectivity index (χ4v) is 2.76. The molecule has 1 heterocycles. The van der Waals surface area contributed by atoms with E-state index in [0.29, 0.717) is 14.2 Å². The molecule has 0 aliphatic rings. The van der Waals surface area contributed by atoms with E-state index in [4.69, 9.17) is 23.2 Å². The van der Waals surface area contributed by atoms with Gasteiger partial charge in [0.05, 0.1) is 15.2 Å². The van der Waals surface area contributed by atoms with Gasteiger partial charge >= 0.3 is 11.9 Å². The number of carbonyl (C=O) groups excluding carboxylic acids is 1. The van der Waals surface area contributed by atoms with E-state index in [2.05, 4.69) is 10.1 Å². The van der Waals surface area contributed by atoms with Crippen LogP contribution in [0.2, 0.25) is 8.67 Å². The van der Waals surface area contributed by atoms with Gasteiger partial charge in [0, 0.05) is 6.54 Å². The molecule has 0 radical (unpaired) electrons. The number of carbonyl (C=O) groups is 1. The lowest BCUT2D eigenvalue weighted by Gasteiger charge is -2.23. The van der Waals surface area contributed by atoms with Crippen molar-refractivity contribution in [3.8, 4) is 0 Å². The van der Waals surface area contributed by atoms with Gasteiger partial charge in [-0.05, 0) is 32.4 Å². The van der Waals surface area contributed by atoms with Crippen LogP contribution in [0.25, 0.3) is 0 Å². The standard InChI is InChI=1S/C12H15Cl2F2NO2S/c1-11(2,3)19-10(18)12(15,16)6-17-5-7-4-8(13)20-9(7)14/h4,17H,5-6H2,1-3H3. The third kappa shape index (κ3) is 5.52. The number of nitrogens with one attached hydrogen (secondary N) is 1. The normalized spacial score (nSPS) is 12.6. The summed E-state index contributed by atoms with van der Waals surface area (Å²) in [6, 6.07) is 1.59. The van der Waals surface area contributed by atoms with Crippen molar-refractivity contribution in [3.63, 3.8) is 0 Å². The molecule has 0 unspecified atom stereocenters. The molecule has 20 heavy (non-hydrogen) atoms. The molecule has 0 spiro atoms. The highest BCUT2D eigenvalue weighted by atomic mass is 35.5. The summed E-state index contributed by atoms with van der Waals surface area (Å²) >= 11 is 12.8. The molecule has 0 saturated carbocycles. The summed E-state index contributed by atoms with van der Waals surface area (Å²) in [4.78, 5) is 11.3. The van der Waals surface area contributed by atoms with Crippen LogP contribution >= 0.6 is 34.5 Å². The molecule has 0 aliphatic carbocycles. The summed E-state index contributed by atoms with van der Waals surface area (Å²) in [5.74, 6) is -5.15. The Labute approximate surface area is 130 Å². The Morgan fingerprint density at radius 1 is 1.40 bits per heavy atom. The van der Waals surface area contributed by atoms with Crippen LogP contribution in [0, 0.1) is 0 Å². The Bertz CT molecular complexity index is 486. The van der Waals surface area contributed by atoms with Crippen molar-refractivity contribution >= 4 is 40.5 Å². The van der Waals surface area contributed by atoms with Crippen molar-refractivity contribution in [1.82, 2.24) is 5.32 Å². The van der Waals surface area contributed by atoms with Crippen molar-refractivity contribution in [2.24, 2.45) is 0 Å². The average molecular weight is 346 g/mol. The summed E-state index contributed by atoms with van der Waals surface area (Å²) in [6.45, 7) is 3.86. The third-order valence-corrected chi connectivity index (χ3v) is 3.66. The molecule has 1 N–H and O–H groups in total. The first-order valence-electron chi connectivity index (χ1n) is 5.77. The van der Waals surface area contributed by atoms with E-state index in [1.807, 2.05) is 0 Å². The van der Waals surface area contributed by atoms with Gasteiger partial charge in [-0.1, -0.05) is 23.2 Å². The summed E-state index contributed by atoms with van der Waals surface area (Å²) in [7, 11) is 0. The second-order valence-electron chi connectivity index (χ2n) is 5.16. The minimum Gasteiger partial charge on any atom is -0.456 e. The maximum Gasteiger partial charge on any atom is 0.378 e. The number of thiophene rings is 1. The molecular formula is C12H15Cl2F2NO2S. The maximum absolute atomic E-state index is 13.6. The van der Waals surface area contributed by atoms with Crippen LogP contribution in [0.5, 0.6) is 0 Å². The predicted octanol–water partition coefficient (Wildman–Crippen LogP) is 4.12. The molecule has 1 rings (SSSR count). The van der Waals surface area contributed by atoms with Crippen LogP contribution in [-0.4, -0.2) is 24.0 Å². The second kappa shape index (κ2) is 6.56. The monoisotopic (exact) mass is 345 g/mol. The molecule has 0 aliphatic heterocycles. The minimum absolute atomic E-state index is 0.0977. The Balaban J connectivity index is 2.51. The van der Waals surface area contributed by atoms with Crippen molar-refractivity contribution in [3.05, 3.63) is 20.3 Å². The molecule has 0 amide bonds. The first kappa shape index (κ1) is 17.6. The molecule has 0 saturated heterocycles. The van der Waals surface area contributed by atoms with E-state index >= 15 is 0 Å². The fraction of sp³-hybridized carbons (Fsp3) is 0.583. The van der Waals surface area contributed by atoms with Crippen LogP contribution in [0.4, 0.5) is 8.78 Å².